The van der Waals surface area contributed by atoms with Gasteiger partial charge in [-0.15, -0.1) is 0 Å². The average molecular weight is 366 g/mol. The fourth-order valence-corrected chi connectivity index (χ4v) is 2.24. The van der Waals surface area contributed by atoms with Crippen LogP contribution in [0.1, 0.15) is 15.9 Å². The molecule has 0 aliphatic heterocycles. The quantitative estimate of drug-likeness (QED) is 0.442. The first-order valence-electron chi connectivity index (χ1n) is 6.24. The number of carbonyl (C=O) groups is 1. The van der Waals surface area contributed by atoms with Crippen LogP contribution in [-0.4, -0.2) is 18.3 Å². The van der Waals surface area contributed by atoms with E-state index < -0.39 is 4.92 Å². The van der Waals surface area contributed by atoms with Gasteiger partial charge >= 0.3 is 5.69 Å². The minimum Gasteiger partial charge on any atom is -0.496 e. The lowest BCUT2D eigenvalue weighted by Gasteiger charge is -2.11. The van der Waals surface area contributed by atoms with Crippen LogP contribution in [0, 0.1) is 10.1 Å². The number of ether oxygens (including phenoxy) is 2. The zero-order valence-corrected chi connectivity index (χ0v) is 13.2. The number of hydrogen-bond donors (Lipinski definition) is 0. The number of aldehydes is 1. The van der Waals surface area contributed by atoms with Crippen LogP contribution in [0.5, 0.6) is 11.5 Å². The molecule has 0 heterocycles. The molecular formula is C15H12BrNO5. The molecule has 2 rings (SSSR count). The lowest BCUT2D eigenvalue weighted by atomic mass is 10.1. The van der Waals surface area contributed by atoms with E-state index in [9.17, 15) is 14.9 Å². The number of carbonyl (C=O) groups excluding carboxylic acids is 1. The summed E-state index contributed by atoms with van der Waals surface area (Å²) in [5.41, 5.74) is 0.967. The lowest BCUT2D eigenvalue weighted by molar-refractivity contribution is -0.386. The molecule has 0 aromatic heterocycles. The van der Waals surface area contributed by atoms with Crippen molar-refractivity contribution < 1.29 is 19.2 Å². The molecule has 0 unspecified atom stereocenters. The van der Waals surface area contributed by atoms with Crippen molar-refractivity contribution in [3.8, 4) is 11.5 Å². The maximum Gasteiger partial charge on any atom is 0.312 e. The Morgan fingerprint density at radius 1 is 1.23 bits per heavy atom. The average Bonchev–Trinajstić information content (AvgIpc) is 2.53. The Morgan fingerprint density at radius 2 is 1.95 bits per heavy atom. The van der Waals surface area contributed by atoms with Gasteiger partial charge in [-0.05, 0) is 30.3 Å². The Balaban J connectivity index is 2.27. The molecule has 0 radical (unpaired) electrons. The van der Waals surface area contributed by atoms with E-state index >= 15 is 0 Å². The summed E-state index contributed by atoms with van der Waals surface area (Å²) in [4.78, 5) is 21.4. The van der Waals surface area contributed by atoms with Gasteiger partial charge in [0.1, 0.15) is 18.6 Å². The van der Waals surface area contributed by atoms with E-state index in [4.69, 9.17) is 9.47 Å². The third-order valence-electron chi connectivity index (χ3n) is 2.94. The minimum absolute atomic E-state index is 0.0489. The van der Waals surface area contributed by atoms with Gasteiger partial charge in [-0.3, -0.25) is 14.9 Å². The summed E-state index contributed by atoms with van der Waals surface area (Å²) >= 11 is 3.18. The van der Waals surface area contributed by atoms with Crippen LogP contribution < -0.4 is 9.47 Å². The van der Waals surface area contributed by atoms with Crippen molar-refractivity contribution in [3.05, 3.63) is 62.1 Å². The van der Waals surface area contributed by atoms with Gasteiger partial charge in [0.05, 0.1) is 12.0 Å². The standard InChI is InChI=1S/C15H12BrNO5/c1-21-14-4-2-10(8-18)6-11(14)9-22-15-5-3-12(16)7-13(15)17(19)20/h2-8H,9H2,1H3. The van der Waals surface area contributed by atoms with Gasteiger partial charge < -0.3 is 9.47 Å². The molecule has 114 valence electrons. The fourth-order valence-electron chi connectivity index (χ4n) is 1.90. The van der Waals surface area contributed by atoms with E-state index in [-0.39, 0.29) is 18.0 Å². The number of halogens is 1. The highest BCUT2D eigenvalue weighted by atomic mass is 79.9. The number of nitro groups is 1. The topological polar surface area (TPSA) is 78.7 Å². The summed E-state index contributed by atoms with van der Waals surface area (Å²) in [5.74, 6) is 0.692. The Labute approximate surface area is 134 Å². The smallest absolute Gasteiger partial charge is 0.312 e. The van der Waals surface area contributed by atoms with E-state index in [0.717, 1.165) is 0 Å². The molecule has 7 heteroatoms. The van der Waals surface area contributed by atoms with E-state index in [1.807, 2.05) is 0 Å². The molecule has 0 fully saturated rings. The van der Waals surface area contributed by atoms with Crippen LogP contribution in [0.25, 0.3) is 0 Å². The van der Waals surface area contributed by atoms with Crippen LogP contribution >= 0.6 is 15.9 Å². The second kappa shape index (κ2) is 7.04. The zero-order valence-electron chi connectivity index (χ0n) is 11.6. The first kappa shape index (κ1) is 16.0. The zero-order chi connectivity index (χ0) is 16.1. The number of nitro benzene ring substituents is 1. The molecule has 0 aliphatic rings. The summed E-state index contributed by atoms with van der Waals surface area (Å²) in [6.07, 6.45) is 0.713. The summed E-state index contributed by atoms with van der Waals surface area (Å²) in [6, 6.07) is 9.43. The SMILES string of the molecule is COc1ccc(C=O)cc1COc1ccc(Br)cc1[N+](=O)[O-]. The highest BCUT2D eigenvalue weighted by molar-refractivity contribution is 9.10. The molecule has 6 nitrogen and oxygen atoms in total. The number of benzene rings is 2. The van der Waals surface area contributed by atoms with Crippen molar-refractivity contribution in [2.45, 2.75) is 6.61 Å². The van der Waals surface area contributed by atoms with Crippen LogP contribution in [0.2, 0.25) is 0 Å². The maximum absolute atomic E-state index is 11.0. The molecule has 0 bridgehead atoms. The van der Waals surface area contributed by atoms with Crippen molar-refractivity contribution in [2.75, 3.05) is 7.11 Å². The third-order valence-corrected chi connectivity index (χ3v) is 3.43. The van der Waals surface area contributed by atoms with Gasteiger partial charge in [0.25, 0.3) is 0 Å². The molecule has 0 amide bonds. The summed E-state index contributed by atoms with van der Waals surface area (Å²) in [7, 11) is 1.50. The number of hydrogen-bond acceptors (Lipinski definition) is 5. The highest BCUT2D eigenvalue weighted by Crippen LogP contribution is 2.31. The second-order valence-corrected chi connectivity index (χ2v) is 5.26. The summed E-state index contributed by atoms with van der Waals surface area (Å²) in [5, 5.41) is 11.0. The Hall–Kier alpha value is -2.41. The minimum atomic E-state index is -0.515. The van der Waals surface area contributed by atoms with E-state index in [1.54, 1.807) is 24.3 Å². The lowest BCUT2D eigenvalue weighted by Crippen LogP contribution is -2.02. The van der Waals surface area contributed by atoms with Crippen molar-refractivity contribution in [1.82, 2.24) is 0 Å². The van der Waals surface area contributed by atoms with Crippen molar-refractivity contribution >= 4 is 27.9 Å². The maximum atomic E-state index is 11.0. The van der Waals surface area contributed by atoms with Gasteiger partial charge in [-0.1, -0.05) is 15.9 Å². The molecule has 0 aliphatic carbocycles. The highest BCUT2D eigenvalue weighted by Gasteiger charge is 2.16. The molecule has 0 atom stereocenters. The van der Waals surface area contributed by atoms with Crippen LogP contribution in [0.15, 0.2) is 40.9 Å². The Kier molecular flexibility index (Phi) is 5.11. The number of methoxy groups -OCH3 is 1. The molecule has 0 spiro atoms. The largest absolute Gasteiger partial charge is 0.496 e. The van der Waals surface area contributed by atoms with E-state index in [1.165, 1.54) is 19.2 Å². The van der Waals surface area contributed by atoms with Crippen LogP contribution in [0.4, 0.5) is 5.69 Å². The number of rotatable bonds is 6. The fraction of sp³-hybridized carbons (Fsp3) is 0.133. The molecular weight excluding hydrogens is 354 g/mol. The first-order chi connectivity index (χ1) is 10.5. The molecule has 0 N–H and O–H groups in total. The predicted molar refractivity (Wildman–Crippen MR) is 83.5 cm³/mol. The molecule has 2 aromatic carbocycles. The molecule has 0 saturated heterocycles. The van der Waals surface area contributed by atoms with Crippen molar-refractivity contribution in [1.29, 1.82) is 0 Å². The molecule has 2 aromatic rings. The van der Waals surface area contributed by atoms with Crippen molar-refractivity contribution in [2.24, 2.45) is 0 Å². The predicted octanol–water partition coefficient (Wildman–Crippen LogP) is 3.76. The van der Waals surface area contributed by atoms with Gasteiger partial charge in [0.15, 0.2) is 5.75 Å². The molecule has 22 heavy (non-hydrogen) atoms. The van der Waals surface area contributed by atoms with Crippen molar-refractivity contribution in [3.63, 3.8) is 0 Å². The third kappa shape index (κ3) is 3.62. The van der Waals surface area contributed by atoms with Gasteiger partial charge in [-0.2, -0.15) is 0 Å². The van der Waals surface area contributed by atoms with Crippen LogP contribution in [0.3, 0.4) is 0 Å². The summed E-state index contributed by atoms with van der Waals surface area (Å²) in [6.45, 7) is 0.0489. The normalized spacial score (nSPS) is 10.1. The van der Waals surface area contributed by atoms with Gasteiger partial charge in [0.2, 0.25) is 0 Å². The van der Waals surface area contributed by atoms with Crippen LogP contribution in [-0.2, 0) is 6.61 Å². The van der Waals surface area contributed by atoms with E-state index in [2.05, 4.69) is 15.9 Å². The Bertz CT molecular complexity index is 717. The second-order valence-electron chi connectivity index (χ2n) is 4.35. The van der Waals surface area contributed by atoms with E-state index in [0.29, 0.717) is 27.6 Å². The molecule has 0 saturated carbocycles. The van der Waals surface area contributed by atoms with Gasteiger partial charge in [-0.25, -0.2) is 0 Å². The monoisotopic (exact) mass is 365 g/mol. The Morgan fingerprint density at radius 3 is 2.59 bits per heavy atom. The number of nitrogens with zero attached hydrogens (tertiary/aromatic N) is 1. The summed E-state index contributed by atoms with van der Waals surface area (Å²) < 4.78 is 11.3. The first-order valence-corrected chi connectivity index (χ1v) is 7.03. The van der Waals surface area contributed by atoms with Gasteiger partial charge in [0, 0.05) is 21.7 Å².